The van der Waals surface area contributed by atoms with Crippen molar-refractivity contribution in [2.24, 2.45) is 5.92 Å². The Morgan fingerprint density at radius 3 is 2.70 bits per heavy atom. The number of carbonyl (C=O) groups excluding carboxylic acids is 1. The van der Waals surface area contributed by atoms with Crippen LogP contribution in [0.25, 0.3) is 5.57 Å². The van der Waals surface area contributed by atoms with Gasteiger partial charge in [-0.1, -0.05) is 13.0 Å². The number of ether oxygens (including phenoxy) is 1. The number of benzene rings is 1. The number of carbonyl (C=O) groups is 1. The highest BCUT2D eigenvalue weighted by Gasteiger charge is 2.32. The highest BCUT2D eigenvalue weighted by molar-refractivity contribution is 6.02. The number of aryl methyl sites for hydroxylation is 1. The monoisotopic (exact) mass is 370 g/mol. The number of hydrogen-bond donors (Lipinski definition) is 1. The zero-order valence-electron chi connectivity index (χ0n) is 17.5. The van der Waals surface area contributed by atoms with Gasteiger partial charge in [-0.05, 0) is 87.7 Å². The molecule has 2 aliphatic rings. The van der Waals surface area contributed by atoms with E-state index in [9.17, 15) is 4.79 Å². The molecule has 0 spiro atoms. The van der Waals surface area contributed by atoms with Crippen LogP contribution in [-0.4, -0.2) is 43.1 Å². The molecule has 1 aromatic carbocycles. The van der Waals surface area contributed by atoms with Gasteiger partial charge in [0.15, 0.2) is 0 Å². The maximum atomic E-state index is 13.0. The third-order valence-corrected chi connectivity index (χ3v) is 6.24. The Balaban J connectivity index is 2.05. The summed E-state index contributed by atoms with van der Waals surface area (Å²) in [5.41, 5.74) is 4.87. The van der Waals surface area contributed by atoms with Gasteiger partial charge in [0.25, 0.3) is 0 Å². The van der Waals surface area contributed by atoms with Gasteiger partial charge in [-0.3, -0.25) is 9.69 Å². The Labute approximate surface area is 164 Å². The lowest BCUT2D eigenvalue weighted by molar-refractivity contribution is -0.117. The largest absolute Gasteiger partial charge is 0.497 e. The number of methoxy groups -OCH3 is 1. The van der Waals surface area contributed by atoms with Crippen molar-refractivity contribution in [3.8, 4) is 5.75 Å². The molecule has 148 valence electrons. The summed E-state index contributed by atoms with van der Waals surface area (Å²) in [5, 5.41) is 3.16. The van der Waals surface area contributed by atoms with Crippen molar-refractivity contribution in [1.29, 1.82) is 0 Å². The van der Waals surface area contributed by atoms with Crippen molar-refractivity contribution in [3.05, 3.63) is 34.9 Å². The number of rotatable bonds is 6. The second-order valence-electron chi connectivity index (χ2n) is 8.17. The fourth-order valence-corrected chi connectivity index (χ4v) is 4.95. The molecule has 0 aromatic heterocycles. The van der Waals surface area contributed by atoms with Gasteiger partial charge in [-0.2, -0.15) is 0 Å². The van der Waals surface area contributed by atoms with Crippen molar-refractivity contribution in [3.63, 3.8) is 0 Å². The van der Waals surface area contributed by atoms with Crippen molar-refractivity contribution in [1.82, 2.24) is 10.2 Å². The molecule has 0 bridgehead atoms. The van der Waals surface area contributed by atoms with Crippen molar-refractivity contribution >= 4 is 11.5 Å². The smallest absolute Gasteiger partial charge is 0.247 e. The number of allylic oxidation sites excluding steroid dienone is 1. The first-order valence-electron chi connectivity index (χ1n) is 10.4. The molecule has 1 aromatic rings. The highest BCUT2D eigenvalue weighted by Crippen LogP contribution is 2.42. The van der Waals surface area contributed by atoms with Gasteiger partial charge in [0.1, 0.15) is 5.75 Å². The molecule has 1 amide bonds. The molecule has 1 aliphatic carbocycles. The van der Waals surface area contributed by atoms with Crippen molar-refractivity contribution in [2.75, 3.05) is 20.2 Å². The van der Waals surface area contributed by atoms with Gasteiger partial charge in [0.2, 0.25) is 5.91 Å². The fourth-order valence-electron chi connectivity index (χ4n) is 4.95. The lowest BCUT2D eigenvalue weighted by Gasteiger charge is -2.34. The topological polar surface area (TPSA) is 41.6 Å². The predicted molar refractivity (Wildman–Crippen MR) is 111 cm³/mol. The molecule has 0 saturated heterocycles. The van der Waals surface area contributed by atoms with Crippen LogP contribution in [0.4, 0.5) is 0 Å². The van der Waals surface area contributed by atoms with Gasteiger partial charge < -0.3 is 10.1 Å². The second-order valence-corrected chi connectivity index (χ2v) is 8.17. The van der Waals surface area contributed by atoms with E-state index in [0.717, 1.165) is 50.1 Å². The number of hydrogen-bond acceptors (Lipinski definition) is 3. The SMILES string of the molecule is CCN(C(C)C)[C@H](C)CC1=C2c3ccc(OC)cc3CC[C@@H]2CCNC1=O. The maximum Gasteiger partial charge on any atom is 0.247 e. The lowest BCUT2D eigenvalue weighted by Crippen LogP contribution is -2.40. The molecule has 4 nitrogen and oxygen atoms in total. The number of nitrogens with zero attached hydrogens (tertiary/aromatic N) is 1. The van der Waals surface area contributed by atoms with Gasteiger partial charge >= 0.3 is 0 Å². The zero-order chi connectivity index (χ0) is 19.6. The van der Waals surface area contributed by atoms with E-state index < -0.39 is 0 Å². The number of amides is 1. The minimum atomic E-state index is 0.128. The molecule has 3 rings (SSSR count). The van der Waals surface area contributed by atoms with Crippen LogP contribution in [0.2, 0.25) is 0 Å². The molecule has 0 radical (unpaired) electrons. The van der Waals surface area contributed by atoms with Gasteiger partial charge in [-0.15, -0.1) is 0 Å². The first-order chi connectivity index (χ1) is 13.0. The van der Waals surface area contributed by atoms with Crippen LogP contribution in [0.5, 0.6) is 5.75 Å². The molecule has 2 atom stereocenters. The van der Waals surface area contributed by atoms with E-state index in [1.54, 1.807) is 7.11 Å². The minimum Gasteiger partial charge on any atom is -0.497 e. The first-order valence-corrected chi connectivity index (χ1v) is 10.4. The molecule has 0 fully saturated rings. The van der Waals surface area contributed by atoms with Gasteiger partial charge in [0, 0.05) is 24.2 Å². The summed E-state index contributed by atoms with van der Waals surface area (Å²) < 4.78 is 5.42. The van der Waals surface area contributed by atoms with Gasteiger partial charge in [-0.25, -0.2) is 0 Å². The third-order valence-electron chi connectivity index (χ3n) is 6.24. The normalized spacial score (nSPS) is 20.9. The van der Waals surface area contributed by atoms with Crippen LogP contribution in [0.15, 0.2) is 23.8 Å². The Bertz CT molecular complexity index is 723. The molecule has 0 saturated carbocycles. The molecule has 0 unspecified atom stereocenters. The summed E-state index contributed by atoms with van der Waals surface area (Å²) in [6.45, 7) is 10.7. The van der Waals surface area contributed by atoms with Crippen molar-refractivity contribution < 1.29 is 9.53 Å². The summed E-state index contributed by atoms with van der Waals surface area (Å²) in [6.07, 6.45) is 4.01. The van der Waals surface area contributed by atoms with Crippen LogP contribution in [0.3, 0.4) is 0 Å². The fraction of sp³-hybridized carbons (Fsp3) is 0.609. The molecule has 27 heavy (non-hydrogen) atoms. The van der Waals surface area contributed by atoms with Crippen molar-refractivity contribution in [2.45, 2.75) is 65.5 Å². The molecule has 1 heterocycles. The Morgan fingerprint density at radius 1 is 1.26 bits per heavy atom. The zero-order valence-corrected chi connectivity index (χ0v) is 17.5. The average molecular weight is 371 g/mol. The summed E-state index contributed by atoms with van der Waals surface area (Å²) in [5.74, 6) is 1.50. The quantitative estimate of drug-likeness (QED) is 0.822. The summed E-state index contributed by atoms with van der Waals surface area (Å²) in [6, 6.07) is 7.16. The Morgan fingerprint density at radius 2 is 2.04 bits per heavy atom. The summed E-state index contributed by atoms with van der Waals surface area (Å²) >= 11 is 0. The van der Waals surface area contributed by atoms with E-state index in [1.165, 1.54) is 16.7 Å². The molecular formula is C23H34N2O2. The molecular weight excluding hydrogens is 336 g/mol. The van der Waals surface area contributed by atoms with E-state index in [-0.39, 0.29) is 5.91 Å². The van der Waals surface area contributed by atoms with Crippen LogP contribution >= 0.6 is 0 Å². The maximum absolute atomic E-state index is 13.0. The number of fused-ring (bicyclic) bond motifs is 3. The summed E-state index contributed by atoms with van der Waals surface area (Å²) in [7, 11) is 1.71. The van der Waals surface area contributed by atoms with Crippen LogP contribution in [0.1, 0.15) is 58.1 Å². The molecule has 4 heteroatoms. The van der Waals surface area contributed by atoms with Crippen LogP contribution in [-0.2, 0) is 11.2 Å². The predicted octanol–water partition coefficient (Wildman–Crippen LogP) is 4.04. The average Bonchev–Trinajstić information content (AvgIpc) is 2.80. The van der Waals surface area contributed by atoms with E-state index >= 15 is 0 Å². The lowest BCUT2D eigenvalue weighted by atomic mass is 9.75. The molecule has 1 N–H and O–H groups in total. The highest BCUT2D eigenvalue weighted by atomic mass is 16.5. The van der Waals surface area contributed by atoms with Gasteiger partial charge in [0.05, 0.1) is 7.11 Å². The van der Waals surface area contributed by atoms with E-state index in [4.69, 9.17) is 4.74 Å². The Hall–Kier alpha value is -1.81. The van der Waals surface area contributed by atoms with E-state index in [1.807, 2.05) is 6.07 Å². The minimum absolute atomic E-state index is 0.128. The second kappa shape index (κ2) is 8.47. The number of nitrogens with one attached hydrogen (secondary N) is 1. The van der Waals surface area contributed by atoms with E-state index in [0.29, 0.717) is 18.0 Å². The van der Waals surface area contributed by atoms with Crippen LogP contribution in [0, 0.1) is 5.92 Å². The standard InChI is InChI=1S/C23H34N2O2/c1-6-25(15(2)3)16(4)13-21-22-17(11-12-24-23(21)26)7-8-18-14-19(27-5)9-10-20(18)22/h9-10,14-17H,6-8,11-13H2,1-5H3,(H,24,26)/t16-,17-/m1/s1. The van der Waals surface area contributed by atoms with E-state index in [2.05, 4.69) is 50.0 Å². The molecule has 1 aliphatic heterocycles. The van der Waals surface area contributed by atoms with Crippen LogP contribution < -0.4 is 10.1 Å². The summed E-state index contributed by atoms with van der Waals surface area (Å²) in [4.78, 5) is 15.5. The third kappa shape index (κ3) is 4.06. The Kier molecular flexibility index (Phi) is 6.25. The first kappa shape index (κ1) is 19.9.